The van der Waals surface area contributed by atoms with E-state index in [1.54, 1.807) is 24.8 Å². The van der Waals surface area contributed by atoms with Crippen LogP contribution in [0.4, 0.5) is 4.79 Å². The number of rotatable bonds is 14. The van der Waals surface area contributed by atoms with Crippen molar-refractivity contribution in [3.8, 4) is 0 Å². The zero-order valence-electron chi connectivity index (χ0n) is 26.4. The van der Waals surface area contributed by atoms with E-state index in [2.05, 4.69) is 16.0 Å². The number of urea groups is 1. The highest BCUT2D eigenvalue weighted by atomic mass is 16.3. The van der Waals surface area contributed by atoms with Gasteiger partial charge in [0.15, 0.2) is 5.76 Å². The Balaban J connectivity index is 1.81. The lowest BCUT2D eigenvalue weighted by atomic mass is 9.85. The quantitative estimate of drug-likeness (QED) is 0.122. The summed E-state index contributed by atoms with van der Waals surface area (Å²) < 4.78 is 5.23. The molecule has 1 saturated heterocycles. The van der Waals surface area contributed by atoms with E-state index < -0.39 is 59.4 Å². The van der Waals surface area contributed by atoms with E-state index >= 15 is 0 Å². The number of amides is 4. The number of likely N-dealkylation sites (tertiary alicyclic amines) is 1. The summed E-state index contributed by atoms with van der Waals surface area (Å²) in [5.74, 6) is -2.23. The number of furan rings is 1. The number of Topliss-reactive ketones (excluding diaryl/α,β-unsaturated/α-hetero) is 2. The standard InChI is InChI=1S/C31H49N5O7/c1-16(2)19-14-21(28(40)33-20(13-18-10-11-18)24(37)27(32)39)36(15-19)29(41)26(31(5,6)7)35-30(42)34-23(17(3)4)25(38)22-9-8-12-43-22/h8-9,12,16-21,23,26,28,33,40H,10-11,13-15H2,1-7H3,(H2,32,39)(H2,34,35,42)/t19-,20?,21+,23+,26-,28?/m1/s1. The van der Waals surface area contributed by atoms with Gasteiger partial charge in [0.1, 0.15) is 12.3 Å². The molecule has 3 rings (SSSR count). The van der Waals surface area contributed by atoms with Gasteiger partial charge in [-0.05, 0) is 54.1 Å². The van der Waals surface area contributed by atoms with Gasteiger partial charge in [0.05, 0.1) is 24.4 Å². The molecule has 240 valence electrons. The largest absolute Gasteiger partial charge is 0.461 e. The molecule has 4 amide bonds. The lowest BCUT2D eigenvalue weighted by Gasteiger charge is -2.38. The lowest BCUT2D eigenvalue weighted by molar-refractivity contribution is -0.141. The molecule has 2 fully saturated rings. The van der Waals surface area contributed by atoms with Crippen molar-refractivity contribution in [1.29, 1.82) is 0 Å². The number of nitrogens with zero attached hydrogens (tertiary/aromatic N) is 1. The van der Waals surface area contributed by atoms with Crippen LogP contribution in [0.1, 0.15) is 84.7 Å². The molecule has 2 heterocycles. The molecule has 1 aromatic rings. The van der Waals surface area contributed by atoms with Crippen molar-refractivity contribution in [3.63, 3.8) is 0 Å². The molecule has 6 atom stereocenters. The summed E-state index contributed by atoms with van der Waals surface area (Å²) in [5, 5.41) is 19.8. The number of hydrogen-bond acceptors (Lipinski definition) is 8. The van der Waals surface area contributed by atoms with Crippen molar-refractivity contribution in [2.45, 2.75) is 105 Å². The van der Waals surface area contributed by atoms with Crippen LogP contribution in [0.3, 0.4) is 0 Å². The number of nitrogens with two attached hydrogens (primary N) is 1. The van der Waals surface area contributed by atoms with Gasteiger partial charge in [-0.1, -0.05) is 61.3 Å². The maximum absolute atomic E-state index is 14.2. The SMILES string of the molecule is CC(C)[C@@H]1C[C@@H](C(O)NC(CC2CC2)C(=O)C(N)=O)N(C(=O)[C@@H](NC(=O)N[C@H](C(=O)c2ccco2)C(C)C)C(C)(C)C)C1. The second-order valence-electron chi connectivity index (χ2n) is 13.8. The first-order valence-corrected chi connectivity index (χ1v) is 15.2. The van der Waals surface area contributed by atoms with Crippen molar-refractivity contribution in [2.75, 3.05) is 6.54 Å². The smallest absolute Gasteiger partial charge is 0.316 e. The van der Waals surface area contributed by atoms with Crippen LogP contribution in [-0.2, 0) is 14.4 Å². The highest BCUT2D eigenvalue weighted by molar-refractivity contribution is 6.37. The summed E-state index contributed by atoms with van der Waals surface area (Å²) in [7, 11) is 0. The fraction of sp³-hybridized carbons (Fsp3) is 0.710. The number of aliphatic hydroxyl groups is 1. The number of ketones is 2. The van der Waals surface area contributed by atoms with E-state index in [9.17, 15) is 29.1 Å². The highest BCUT2D eigenvalue weighted by Crippen LogP contribution is 2.35. The lowest BCUT2D eigenvalue weighted by Crippen LogP contribution is -2.62. The van der Waals surface area contributed by atoms with Crippen LogP contribution < -0.4 is 21.7 Å². The van der Waals surface area contributed by atoms with Gasteiger partial charge in [0.25, 0.3) is 5.91 Å². The molecule has 0 bridgehead atoms. The summed E-state index contributed by atoms with van der Waals surface area (Å²) in [5.41, 5.74) is 4.55. The Hall–Kier alpha value is -3.25. The zero-order valence-corrected chi connectivity index (χ0v) is 26.4. The third-order valence-corrected chi connectivity index (χ3v) is 8.55. The molecule has 43 heavy (non-hydrogen) atoms. The Labute approximate surface area is 253 Å². The molecule has 12 heteroatoms. The molecule has 1 aliphatic carbocycles. The third-order valence-electron chi connectivity index (χ3n) is 8.55. The van der Waals surface area contributed by atoms with Gasteiger partial charge in [-0.25, -0.2) is 4.79 Å². The van der Waals surface area contributed by atoms with E-state index in [1.165, 1.54) is 12.3 Å². The Morgan fingerprint density at radius 1 is 1.09 bits per heavy atom. The van der Waals surface area contributed by atoms with Crippen LogP contribution >= 0.6 is 0 Å². The molecule has 6 N–H and O–H groups in total. The number of aliphatic hydroxyl groups excluding tert-OH is 1. The Morgan fingerprint density at radius 2 is 1.74 bits per heavy atom. The predicted octanol–water partition coefficient (Wildman–Crippen LogP) is 2.21. The molecule has 1 aliphatic heterocycles. The number of nitrogens with one attached hydrogen (secondary N) is 3. The summed E-state index contributed by atoms with van der Waals surface area (Å²) >= 11 is 0. The molecular weight excluding hydrogens is 554 g/mol. The minimum atomic E-state index is -1.30. The van der Waals surface area contributed by atoms with E-state index in [4.69, 9.17) is 10.2 Å². The van der Waals surface area contributed by atoms with Gasteiger partial charge in [0, 0.05) is 6.54 Å². The van der Waals surface area contributed by atoms with E-state index in [0.29, 0.717) is 19.4 Å². The van der Waals surface area contributed by atoms with Crippen LogP contribution in [-0.4, -0.2) is 76.4 Å². The first kappa shape index (κ1) is 34.2. The van der Waals surface area contributed by atoms with E-state index in [1.807, 2.05) is 34.6 Å². The van der Waals surface area contributed by atoms with Crippen LogP contribution in [0.2, 0.25) is 0 Å². The second-order valence-corrected chi connectivity index (χ2v) is 13.8. The van der Waals surface area contributed by atoms with Crippen LogP contribution in [0, 0.1) is 29.1 Å². The molecule has 2 aliphatic rings. The molecule has 1 aromatic heterocycles. The fourth-order valence-electron chi connectivity index (χ4n) is 5.60. The van der Waals surface area contributed by atoms with E-state index in [0.717, 1.165) is 12.8 Å². The van der Waals surface area contributed by atoms with Gasteiger partial charge in [-0.15, -0.1) is 0 Å². The van der Waals surface area contributed by atoms with Crippen molar-refractivity contribution < 1.29 is 33.5 Å². The van der Waals surface area contributed by atoms with Crippen LogP contribution in [0.25, 0.3) is 0 Å². The molecule has 0 radical (unpaired) electrons. The molecule has 2 unspecified atom stereocenters. The predicted molar refractivity (Wildman–Crippen MR) is 159 cm³/mol. The first-order chi connectivity index (χ1) is 20.0. The van der Waals surface area contributed by atoms with Gasteiger partial charge < -0.3 is 30.8 Å². The van der Waals surface area contributed by atoms with Crippen LogP contribution in [0.15, 0.2) is 22.8 Å². The third kappa shape index (κ3) is 8.88. The summed E-state index contributed by atoms with van der Waals surface area (Å²) in [6, 6.07) is -1.10. The van der Waals surface area contributed by atoms with Crippen molar-refractivity contribution in [3.05, 3.63) is 24.2 Å². The van der Waals surface area contributed by atoms with Gasteiger partial charge in [0.2, 0.25) is 17.5 Å². The average Bonchev–Trinajstić information content (AvgIpc) is 3.37. The highest BCUT2D eigenvalue weighted by Gasteiger charge is 2.46. The van der Waals surface area contributed by atoms with Crippen molar-refractivity contribution >= 4 is 29.4 Å². The second kappa shape index (κ2) is 14.0. The minimum absolute atomic E-state index is 0.0600. The van der Waals surface area contributed by atoms with Gasteiger partial charge in [-0.2, -0.15) is 0 Å². The Bertz CT molecular complexity index is 1160. The maximum atomic E-state index is 14.2. The topological polar surface area (TPSA) is 184 Å². The zero-order chi connectivity index (χ0) is 32.2. The van der Waals surface area contributed by atoms with Gasteiger partial charge >= 0.3 is 6.03 Å². The van der Waals surface area contributed by atoms with E-state index in [-0.39, 0.29) is 35.2 Å². The number of carbonyl (C=O) groups is 5. The Kier molecular flexibility index (Phi) is 11.2. The fourth-order valence-corrected chi connectivity index (χ4v) is 5.60. The van der Waals surface area contributed by atoms with Crippen molar-refractivity contribution in [1.82, 2.24) is 20.9 Å². The minimum Gasteiger partial charge on any atom is -0.461 e. The summed E-state index contributed by atoms with van der Waals surface area (Å²) in [6.07, 6.45) is 2.81. The monoisotopic (exact) mass is 603 g/mol. The first-order valence-electron chi connectivity index (χ1n) is 15.2. The van der Waals surface area contributed by atoms with Crippen molar-refractivity contribution in [2.24, 2.45) is 34.8 Å². The normalized spacial score (nSPS) is 21.8. The summed E-state index contributed by atoms with van der Waals surface area (Å²) in [4.78, 5) is 66.3. The number of primary amides is 1. The molecule has 1 saturated carbocycles. The summed E-state index contributed by atoms with van der Waals surface area (Å²) in [6.45, 7) is 13.5. The molecule has 0 spiro atoms. The molecule has 12 nitrogen and oxygen atoms in total. The molecule has 0 aromatic carbocycles. The van der Waals surface area contributed by atoms with Gasteiger partial charge in [-0.3, -0.25) is 24.5 Å². The van der Waals surface area contributed by atoms with Crippen LogP contribution in [0.5, 0.6) is 0 Å². The number of carbonyl (C=O) groups excluding carboxylic acids is 5. The Morgan fingerprint density at radius 3 is 2.23 bits per heavy atom. The average molecular weight is 604 g/mol. The molecular formula is C31H49N5O7. The number of hydrogen-bond donors (Lipinski definition) is 5. The maximum Gasteiger partial charge on any atom is 0.316 e.